The Balaban J connectivity index is 1.97. The number of thiazole rings is 1. The fourth-order valence-corrected chi connectivity index (χ4v) is 5.13. The summed E-state index contributed by atoms with van der Waals surface area (Å²) in [6.45, 7) is 1.48. The Morgan fingerprint density at radius 1 is 1.08 bits per heavy atom. The van der Waals surface area contributed by atoms with Crippen LogP contribution in [0.2, 0.25) is 0 Å². The van der Waals surface area contributed by atoms with Gasteiger partial charge in [0.1, 0.15) is 5.82 Å². The number of sulfonamides is 1. The number of aromatic nitrogens is 1. The topological polar surface area (TPSA) is 93.2 Å². The molecule has 25 heavy (non-hydrogen) atoms. The van der Waals surface area contributed by atoms with Crippen molar-refractivity contribution < 1.29 is 21.2 Å². The standard InChI is InChI=1S/C15H13FN2O4S3/c1-9-7-11(4-5-12(9)16)25(21,22)18-10-3-6-13-14(8-10)23-15(17-13)24(2,19)20/h3-8,18H,1-2H3. The van der Waals surface area contributed by atoms with E-state index in [2.05, 4.69) is 9.71 Å². The maximum absolute atomic E-state index is 13.3. The lowest BCUT2D eigenvalue weighted by molar-refractivity contribution is 0.597. The quantitative estimate of drug-likeness (QED) is 0.727. The van der Waals surface area contributed by atoms with Crippen molar-refractivity contribution in [2.75, 3.05) is 11.0 Å². The van der Waals surface area contributed by atoms with Crippen LogP contribution in [0.1, 0.15) is 5.56 Å². The highest BCUT2D eigenvalue weighted by Gasteiger charge is 2.17. The highest BCUT2D eigenvalue weighted by atomic mass is 32.2. The molecule has 0 unspecified atom stereocenters. The number of fused-ring (bicyclic) bond motifs is 1. The summed E-state index contributed by atoms with van der Waals surface area (Å²) < 4.78 is 64.2. The minimum atomic E-state index is -3.89. The first-order valence-corrected chi connectivity index (χ1v) is 11.1. The molecular formula is C15H13FN2O4S3. The van der Waals surface area contributed by atoms with Gasteiger partial charge in [-0.15, -0.1) is 11.3 Å². The van der Waals surface area contributed by atoms with Crippen LogP contribution in [0.5, 0.6) is 0 Å². The molecule has 0 amide bonds. The van der Waals surface area contributed by atoms with E-state index in [-0.39, 0.29) is 20.5 Å². The van der Waals surface area contributed by atoms with E-state index in [1.807, 2.05) is 0 Å². The van der Waals surface area contributed by atoms with Gasteiger partial charge in [0.15, 0.2) is 0 Å². The summed E-state index contributed by atoms with van der Waals surface area (Å²) in [5.41, 5.74) is 0.947. The predicted molar refractivity (Wildman–Crippen MR) is 94.7 cm³/mol. The molecule has 0 saturated heterocycles. The molecule has 0 atom stereocenters. The molecule has 0 aliphatic rings. The number of rotatable bonds is 4. The van der Waals surface area contributed by atoms with Gasteiger partial charge in [0.2, 0.25) is 14.2 Å². The Hall–Kier alpha value is -2.04. The van der Waals surface area contributed by atoms with Gasteiger partial charge in [-0.1, -0.05) is 0 Å². The van der Waals surface area contributed by atoms with Crippen LogP contribution >= 0.6 is 11.3 Å². The summed E-state index contributed by atoms with van der Waals surface area (Å²) in [6, 6.07) is 8.04. The number of nitrogens with one attached hydrogen (secondary N) is 1. The fourth-order valence-electron chi connectivity index (χ4n) is 2.12. The lowest BCUT2D eigenvalue weighted by atomic mass is 10.2. The largest absolute Gasteiger partial charge is 0.280 e. The number of hydrogen-bond acceptors (Lipinski definition) is 6. The number of halogens is 1. The Bertz CT molecular complexity index is 1180. The van der Waals surface area contributed by atoms with Crippen molar-refractivity contribution >= 4 is 47.1 Å². The zero-order valence-corrected chi connectivity index (χ0v) is 15.6. The molecular weight excluding hydrogens is 387 g/mol. The average Bonchev–Trinajstić information content (AvgIpc) is 2.93. The second-order valence-corrected chi connectivity index (χ2v) is 10.4. The Kier molecular flexibility index (Phi) is 4.30. The first-order chi connectivity index (χ1) is 11.6. The van der Waals surface area contributed by atoms with E-state index in [9.17, 15) is 21.2 Å². The lowest BCUT2D eigenvalue weighted by Crippen LogP contribution is -2.13. The molecule has 0 fully saturated rings. The SMILES string of the molecule is Cc1cc(S(=O)(=O)Nc2ccc3nc(S(C)(=O)=O)sc3c2)ccc1F. The Morgan fingerprint density at radius 3 is 2.44 bits per heavy atom. The zero-order valence-electron chi connectivity index (χ0n) is 13.1. The summed E-state index contributed by atoms with van der Waals surface area (Å²) in [5.74, 6) is -0.488. The molecule has 1 N–H and O–H groups in total. The number of nitrogens with zero attached hydrogens (tertiary/aromatic N) is 1. The van der Waals surface area contributed by atoms with Gasteiger partial charge >= 0.3 is 0 Å². The first kappa shape index (κ1) is 17.8. The zero-order chi connectivity index (χ0) is 18.4. The van der Waals surface area contributed by atoms with Crippen molar-refractivity contribution in [3.8, 4) is 0 Å². The summed E-state index contributed by atoms with van der Waals surface area (Å²) in [5, 5.41) is 0. The van der Waals surface area contributed by atoms with Gasteiger partial charge in [0.25, 0.3) is 10.0 Å². The minimum absolute atomic E-state index is 0.0309. The number of anilines is 1. The van der Waals surface area contributed by atoms with Gasteiger partial charge in [0.05, 0.1) is 20.8 Å². The van der Waals surface area contributed by atoms with Crippen molar-refractivity contribution in [1.29, 1.82) is 0 Å². The maximum Gasteiger partial charge on any atom is 0.261 e. The van der Waals surface area contributed by atoms with E-state index < -0.39 is 25.7 Å². The van der Waals surface area contributed by atoms with E-state index in [0.29, 0.717) is 10.2 Å². The van der Waals surface area contributed by atoms with Crippen LogP contribution in [-0.4, -0.2) is 28.1 Å². The molecule has 0 spiro atoms. The highest BCUT2D eigenvalue weighted by Crippen LogP contribution is 2.29. The van der Waals surface area contributed by atoms with Crippen molar-refractivity contribution in [3.05, 3.63) is 47.8 Å². The van der Waals surface area contributed by atoms with Crippen LogP contribution < -0.4 is 4.72 Å². The van der Waals surface area contributed by atoms with E-state index in [1.165, 1.54) is 37.3 Å². The van der Waals surface area contributed by atoms with Crippen LogP contribution in [0.3, 0.4) is 0 Å². The van der Waals surface area contributed by atoms with Gasteiger partial charge in [-0.3, -0.25) is 4.72 Å². The van der Waals surface area contributed by atoms with Crippen LogP contribution in [0.25, 0.3) is 10.2 Å². The van der Waals surface area contributed by atoms with Crippen LogP contribution in [0.15, 0.2) is 45.6 Å². The number of benzene rings is 2. The molecule has 1 heterocycles. The molecule has 1 aromatic heterocycles. The molecule has 2 aromatic carbocycles. The number of sulfone groups is 1. The van der Waals surface area contributed by atoms with Gasteiger partial charge in [-0.25, -0.2) is 26.2 Å². The van der Waals surface area contributed by atoms with Crippen molar-refractivity contribution in [2.45, 2.75) is 16.2 Å². The van der Waals surface area contributed by atoms with E-state index >= 15 is 0 Å². The van der Waals surface area contributed by atoms with Crippen LogP contribution in [-0.2, 0) is 19.9 Å². The van der Waals surface area contributed by atoms with Gasteiger partial charge in [-0.2, -0.15) is 0 Å². The summed E-state index contributed by atoms with van der Waals surface area (Å²) in [4.78, 5) is 3.95. The molecule has 3 aromatic rings. The third kappa shape index (κ3) is 3.65. The average molecular weight is 400 g/mol. The number of hydrogen-bond donors (Lipinski definition) is 1. The maximum atomic E-state index is 13.3. The normalized spacial score (nSPS) is 12.4. The molecule has 0 aliphatic heterocycles. The van der Waals surface area contributed by atoms with Gasteiger partial charge in [-0.05, 0) is 48.9 Å². The van der Waals surface area contributed by atoms with Crippen molar-refractivity contribution in [2.24, 2.45) is 0 Å². The molecule has 0 saturated carbocycles. The van der Waals surface area contributed by atoms with Gasteiger partial charge in [0, 0.05) is 6.26 Å². The highest BCUT2D eigenvalue weighted by molar-refractivity contribution is 7.93. The number of aryl methyl sites for hydroxylation is 1. The predicted octanol–water partition coefficient (Wildman–Crippen LogP) is 2.95. The van der Waals surface area contributed by atoms with Crippen molar-refractivity contribution in [1.82, 2.24) is 4.98 Å². The third-order valence-electron chi connectivity index (χ3n) is 3.38. The summed E-state index contributed by atoms with van der Waals surface area (Å²) >= 11 is 0.961. The summed E-state index contributed by atoms with van der Waals surface area (Å²) in [6.07, 6.45) is 1.06. The minimum Gasteiger partial charge on any atom is -0.280 e. The van der Waals surface area contributed by atoms with E-state index in [4.69, 9.17) is 0 Å². The molecule has 0 aliphatic carbocycles. The Labute approximate surface area is 148 Å². The molecule has 6 nitrogen and oxygen atoms in total. The fraction of sp³-hybridized carbons (Fsp3) is 0.133. The molecule has 0 bridgehead atoms. The first-order valence-electron chi connectivity index (χ1n) is 6.96. The third-order valence-corrected chi connectivity index (χ3v) is 7.45. The molecule has 0 radical (unpaired) electrons. The monoisotopic (exact) mass is 400 g/mol. The van der Waals surface area contributed by atoms with Crippen LogP contribution in [0, 0.1) is 12.7 Å². The second-order valence-electron chi connectivity index (χ2n) is 5.45. The lowest BCUT2D eigenvalue weighted by Gasteiger charge is -2.09. The molecule has 10 heteroatoms. The van der Waals surface area contributed by atoms with Gasteiger partial charge < -0.3 is 0 Å². The van der Waals surface area contributed by atoms with E-state index in [1.54, 1.807) is 0 Å². The van der Waals surface area contributed by atoms with E-state index in [0.717, 1.165) is 23.7 Å². The Morgan fingerprint density at radius 2 is 1.80 bits per heavy atom. The second kappa shape index (κ2) is 6.04. The summed E-state index contributed by atoms with van der Waals surface area (Å²) in [7, 11) is -7.32. The van der Waals surface area contributed by atoms with Crippen molar-refractivity contribution in [3.63, 3.8) is 0 Å². The molecule has 132 valence electrons. The molecule has 3 rings (SSSR count). The smallest absolute Gasteiger partial charge is 0.261 e. The van der Waals surface area contributed by atoms with Crippen LogP contribution in [0.4, 0.5) is 10.1 Å².